The quantitative estimate of drug-likeness (QED) is 0.236. The van der Waals surface area contributed by atoms with E-state index >= 15 is 0 Å². The largest absolute Gasteiger partial charge is 0.480 e. The molecule has 0 aromatic heterocycles. The van der Waals surface area contributed by atoms with Crippen LogP contribution in [0.15, 0.2) is 72.8 Å². The maximum Gasteiger partial charge on any atom is 0.416 e. The van der Waals surface area contributed by atoms with Gasteiger partial charge in [-0.15, -0.1) is 0 Å². The number of aliphatic carboxylic acids is 1. The van der Waals surface area contributed by atoms with Crippen molar-refractivity contribution in [2.24, 2.45) is 11.8 Å². The Hall–Kier alpha value is -5.18. The molecule has 42 heavy (non-hydrogen) atoms. The third-order valence-electron chi connectivity index (χ3n) is 7.54. The summed E-state index contributed by atoms with van der Waals surface area (Å²) in [5, 5.41) is 35.7. The van der Waals surface area contributed by atoms with Crippen LogP contribution in [0.2, 0.25) is 0 Å². The van der Waals surface area contributed by atoms with Gasteiger partial charge in [-0.2, -0.15) is 13.2 Å². The maximum absolute atomic E-state index is 13.9. The molecule has 0 spiro atoms. The number of anilines is 1. The van der Waals surface area contributed by atoms with Crippen LogP contribution < -0.4 is 10.2 Å². The van der Waals surface area contributed by atoms with Gasteiger partial charge in [0, 0.05) is 36.7 Å². The van der Waals surface area contributed by atoms with Crippen molar-refractivity contribution in [2.75, 3.05) is 4.90 Å². The summed E-state index contributed by atoms with van der Waals surface area (Å²) in [4.78, 5) is 62.3. The second kappa shape index (κ2) is 10.0. The first-order chi connectivity index (χ1) is 19.7. The lowest BCUT2D eigenvalue weighted by molar-refractivity contribution is -0.385. The Morgan fingerprint density at radius 1 is 0.929 bits per heavy atom. The average Bonchev–Trinajstić information content (AvgIpc) is 3.42. The molecule has 4 atom stereocenters. The molecular formula is C27H19F3N4O8. The number of nitro groups is 2. The van der Waals surface area contributed by atoms with Gasteiger partial charge in [-0.3, -0.25) is 39.9 Å². The van der Waals surface area contributed by atoms with E-state index in [4.69, 9.17) is 0 Å². The highest BCUT2D eigenvalue weighted by atomic mass is 19.4. The minimum Gasteiger partial charge on any atom is -0.480 e. The average molecular weight is 584 g/mol. The highest BCUT2D eigenvalue weighted by Gasteiger charge is 2.68. The number of carboxylic acid groups (broad SMARTS) is 1. The summed E-state index contributed by atoms with van der Waals surface area (Å²) in [7, 11) is 0. The Bertz CT molecular complexity index is 1640. The number of nitro benzene ring substituents is 2. The number of nitrogens with zero attached hydrogens (tertiary/aromatic N) is 3. The van der Waals surface area contributed by atoms with Crippen molar-refractivity contribution in [3.05, 3.63) is 110 Å². The summed E-state index contributed by atoms with van der Waals surface area (Å²) >= 11 is 0. The van der Waals surface area contributed by atoms with Crippen LogP contribution in [0, 0.1) is 32.1 Å². The minimum absolute atomic E-state index is 0.103. The van der Waals surface area contributed by atoms with E-state index in [1.54, 1.807) is 0 Å². The number of rotatable bonds is 7. The van der Waals surface area contributed by atoms with E-state index in [0.717, 1.165) is 42.5 Å². The number of hydrogen-bond donors (Lipinski definition) is 2. The van der Waals surface area contributed by atoms with Crippen molar-refractivity contribution in [1.29, 1.82) is 0 Å². The van der Waals surface area contributed by atoms with Gasteiger partial charge in [-0.25, -0.2) is 4.90 Å². The van der Waals surface area contributed by atoms with Gasteiger partial charge in [0.15, 0.2) is 0 Å². The van der Waals surface area contributed by atoms with E-state index in [9.17, 15) is 52.9 Å². The number of hydrogen-bond acceptors (Lipinski definition) is 8. The molecule has 5 rings (SSSR count). The Morgan fingerprint density at radius 2 is 1.57 bits per heavy atom. The SMILES string of the molecule is O=C1C2C(c3cccc(C(F)(F)F)c3)NC(Cc3ccc([N+](=O)[O-])cc3)(C(=O)O)C2C(=O)N1c1cccc([N+](=O)[O-])c1. The Balaban J connectivity index is 1.66. The van der Waals surface area contributed by atoms with Crippen LogP contribution in [-0.2, 0) is 27.0 Å². The number of imide groups is 1. The van der Waals surface area contributed by atoms with E-state index in [0.29, 0.717) is 4.90 Å². The highest BCUT2D eigenvalue weighted by Crippen LogP contribution is 2.51. The summed E-state index contributed by atoms with van der Waals surface area (Å²) in [6.07, 6.45) is -5.24. The first-order valence-electron chi connectivity index (χ1n) is 12.3. The lowest BCUT2D eigenvalue weighted by atomic mass is 9.76. The monoisotopic (exact) mass is 584 g/mol. The van der Waals surface area contributed by atoms with Gasteiger partial charge in [-0.05, 0) is 29.3 Å². The fourth-order valence-corrected chi connectivity index (χ4v) is 5.69. The van der Waals surface area contributed by atoms with Crippen molar-refractivity contribution in [1.82, 2.24) is 5.32 Å². The van der Waals surface area contributed by atoms with Gasteiger partial charge in [0.1, 0.15) is 5.54 Å². The summed E-state index contributed by atoms with van der Waals surface area (Å²) in [6, 6.07) is 11.9. The van der Waals surface area contributed by atoms with Gasteiger partial charge in [-0.1, -0.05) is 30.3 Å². The zero-order chi connectivity index (χ0) is 30.6. The molecule has 12 nitrogen and oxygen atoms in total. The summed E-state index contributed by atoms with van der Waals surface area (Å²) < 4.78 is 40.7. The summed E-state index contributed by atoms with van der Waals surface area (Å²) in [6.45, 7) is 0. The molecule has 216 valence electrons. The number of amides is 2. The van der Waals surface area contributed by atoms with Gasteiger partial charge < -0.3 is 5.11 Å². The van der Waals surface area contributed by atoms with Crippen LogP contribution in [0.25, 0.3) is 0 Å². The smallest absolute Gasteiger partial charge is 0.416 e. The molecule has 0 saturated carbocycles. The number of halogens is 3. The van der Waals surface area contributed by atoms with Crippen molar-refractivity contribution in [2.45, 2.75) is 24.2 Å². The number of carbonyl (C=O) groups is 3. The van der Waals surface area contributed by atoms with Crippen molar-refractivity contribution in [3.63, 3.8) is 0 Å². The summed E-state index contributed by atoms with van der Waals surface area (Å²) in [5.74, 6) is -6.72. The lowest BCUT2D eigenvalue weighted by Crippen LogP contribution is -2.57. The fraction of sp³-hybridized carbons (Fsp3) is 0.222. The molecule has 0 radical (unpaired) electrons. The molecule has 3 aromatic carbocycles. The minimum atomic E-state index is -4.76. The molecule has 2 N–H and O–H groups in total. The van der Waals surface area contributed by atoms with Crippen molar-refractivity contribution < 1.29 is 42.5 Å². The number of alkyl halides is 3. The van der Waals surface area contributed by atoms with E-state index in [2.05, 4.69) is 5.32 Å². The summed E-state index contributed by atoms with van der Waals surface area (Å²) in [5.41, 5.74) is -4.12. The normalized spacial score (nSPS) is 23.6. The second-order valence-corrected chi connectivity index (χ2v) is 9.91. The van der Waals surface area contributed by atoms with Crippen LogP contribution in [0.4, 0.5) is 30.2 Å². The number of non-ortho nitro benzene ring substituents is 2. The van der Waals surface area contributed by atoms with E-state index in [1.165, 1.54) is 30.3 Å². The fourth-order valence-electron chi connectivity index (χ4n) is 5.69. The van der Waals surface area contributed by atoms with Gasteiger partial charge in [0.05, 0.1) is 32.9 Å². The molecule has 2 aliphatic rings. The Morgan fingerprint density at radius 3 is 2.17 bits per heavy atom. The number of benzene rings is 3. The predicted octanol–water partition coefficient (Wildman–Crippen LogP) is 4.04. The maximum atomic E-state index is 13.9. The molecular weight excluding hydrogens is 565 g/mol. The third-order valence-corrected chi connectivity index (χ3v) is 7.54. The molecule has 2 saturated heterocycles. The second-order valence-electron chi connectivity index (χ2n) is 9.91. The molecule has 0 aliphatic carbocycles. The standard InChI is InChI=1S/C27H19F3N4O8/c28-27(29,30)16-4-1-3-15(11-16)22-20-21(24(36)32(23(20)35)18-5-2-6-19(12-18)34(41)42)26(31-22,25(37)38)13-14-7-9-17(10-8-14)33(39)40/h1-12,20-22,31H,13H2,(H,37,38). The Labute approximate surface area is 233 Å². The molecule has 2 fully saturated rings. The molecule has 2 aliphatic heterocycles. The number of carbonyl (C=O) groups excluding carboxylic acids is 2. The van der Waals surface area contributed by atoms with Gasteiger partial charge in [0.25, 0.3) is 11.4 Å². The number of fused-ring (bicyclic) bond motifs is 1. The van der Waals surface area contributed by atoms with Crippen molar-refractivity contribution >= 4 is 34.8 Å². The van der Waals surface area contributed by atoms with Crippen LogP contribution >= 0.6 is 0 Å². The van der Waals surface area contributed by atoms with Gasteiger partial charge >= 0.3 is 12.1 Å². The molecule has 3 aromatic rings. The van der Waals surface area contributed by atoms with E-state index < -0.39 is 74.9 Å². The van der Waals surface area contributed by atoms with Crippen LogP contribution in [-0.4, -0.2) is 38.3 Å². The topological polar surface area (TPSA) is 173 Å². The zero-order valence-electron chi connectivity index (χ0n) is 21.1. The first kappa shape index (κ1) is 28.4. The predicted molar refractivity (Wildman–Crippen MR) is 137 cm³/mol. The highest BCUT2D eigenvalue weighted by molar-refractivity contribution is 6.24. The van der Waals surface area contributed by atoms with E-state index in [1.807, 2.05) is 0 Å². The van der Waals surface area contributed by atoms with Crippen LogP contribution in [0.1, 0.15) is 22.7 Å². The molecule has 0 bridgehead atoms. The molecule has 2 heterocycles. The van der Waals surface area contributed by atoms with E-state index in [-0.39, 0.29) is 22.5 Å². The van der Waals surface area contributed by atoms with Crippen LogP contribution in [0.3, 0.4) is 0 Å². The molecule has 15 heteroatoms. The zero-order valence-corrected chi connectivity index (χ0v) is 21.1. The van der Waals surface area contributed by atoms with Crippen molar-refractivity contribution in [3.8, 4) is 0 Å². The molecule has 2 amide bonds. The number of nitrogens with one attached hydrogen (secondary N) is 1. The number of carboxylic acids is 1. The third kappa shape index (κ3) is 4.62. The van der Waals surface area contributed by atoms with Gasteiger partial charge in [0.2, 0.25) is 11.8 Å². The molecule has 4 unspecified atom stereocenters. The first-order valence-corrected chi connectivity index (χ1v) is 12.3. The Kier molecular flexibility index (Phi) is 6.77. The lowest BCUT2D eigenvalue weighted by Gasteiger charge is -2.31. The van der Waals surface area contributed by atoms with Crippen LogP contribution in [0.5, 0.6) is 0 Å².